The number of aryl methyl sites for hydroxylation is 1. The Bertz CT molecular complexity index is 365. The maximum atomic E-state index is 10.9. The summed E-state index contributed by atoms with van der Waals surface area (Å²) < 4.78 is 1.46. The third-order valence-electron chi connectivity index (χ3n) is 3.14. The van der Waals surface area contributed by atoms with Gasteiger partial charge in [0.25, 0.3) is 0 Å². The van der Waals surface area contributed by atoms with Crippen molar-refractivity contribution in [2.45, 2.75) is 38.0 Å². The smallest absolute Gasteiger partial charge is 0.354 e. The molecule has 4 nitrogen and oxygen atoms in total. The fraction of sp³-hybridized carbons (Fsp3) is 0.636. The number of aromatic nitrogens is 2. The average molecular weight is 208 g/mol. The standard InChI is InChI=1S/C11H16N2O2/c1-13-10(11(14)15)7-9(12-13)8-5-3-2-4-6-8/h7-8H,2-6H2,1H3,(H,14,15). The highest BCUT2D eigenvalue weighted by Gasteiger charge is 2.20. The molecule has 0 bridgehead atoms. The Kier molecular flexibility index (Phi) is 2.75. The lowest BCUT2D eigenvalue weighted by atomic mass is 9.87. The predicted molar refractivity (Wildman–Crippen MR) is 56.0 cm³/mol. The zero-order chi connectivity index (χ0) is 10.8. The highest BCUT2D eigenvalue weighted by Crippen LogP contribution is 2.31. The number of carbonyl (C=O) groups is 1. The molecule has 0 saturated heterocycles. The normalized spacial score (nSPS) is 17.9. The molecule has 1 aliphatic carbocycles. The molecule has 1 heterocycles. The van der Waals surface area contributed by atoms with Crippen molar-refractivity contribution < 1.29 is 9.90 Å². The number of carboxylic acid groups (broad SMARTS) is 1. The lowest BCUT2D eigenvalue weighted by Crippen LogP contribution is -2.06. The molecule has 1 aliphatic rings. The van der Waals surface area contributed by atoms with Crippen LogP contribution in [0.1, 0.15) is 54.2 Å². The topological polar surface area (TPSA) is 55.1 Å². The van der Waals surface area contributed by atoms with E-state index >= 15 is 0 Å². The zero-order valence-electron chi connectivity index (χ0n) is 8.94. The highest BCUT2D eigenvalue weighted by molar-refractivity contribution is 5.85. The van der Waals surface area contributed by atoms with Gasteiger partial charge in [-0.3, -0.25) is 4.68 Å². The van der Waals surface area contributed by atoms with Crippen LogP contribution in [0.3, 0.4) is 0 Å². The van der Waals surface area contributed by atoms with Gasteiger partial charge in [-0.2, -0.15) is 5.10 Å². The molecule has 0 radical (unpaired) electrons. The molecule has 0 atom stereocenters. The maximum absolute atomic E-state index is 10.9. The molecule has 1 fully saturated rings. The molecule has 82 valence electrons. The summed E-state index contributed by atoms with van der Waals surface area (Å²) in [7, 11) is 1.69. The Morgan fingerprint density at radius 1 is 1.47 bits per heavy atom. The van der Waals surface area contributed by atoms with Crippen molar-refractivity contribution in [3.8, 4) is 0 Å². The molecule has 2 rings (SSSR count). The van der Waals surface area contributed by atoms with Crippen LogP contribution in [0.2, 0.25) is 0 Å². The zero-order valence-corrected chi connectivity index (χ0v) is 8.94. The highest BCUT2D eigenvalue weighted by atomic mass is 16.4. The minimum absolute atomic E-state index is 0.288. The summed E-state index contributed by atoms with van der Waals surface area (Å²) in [5.74, 6) is -0.426. The van der Waals surface area contributed by atoms with Crippen molar-refractivity contribution in [3.63, 3.8) is 0 Å². The Balaban J connectivity index is 2.21. The van der Waals surface area contributed by atoms with Crippen molar-refractivity contribution in [3.05, 3.63) is 17.5 Å². The lowest BCUT2D eigenvalue weighted by Gasteiger charge is -2.19. The summed E-state index contributed by atoms with van der Waals surface area (Å²) in [6, 6.07) is 1.72. The fourth-order valence-electron chi connectivity index (χ4n) is 2.29. The van der Waals surface area contributed by atoms with Gasteiger partial charge in [-0.25, -0.2) is 4.79 Å². The molecule has 0 unspecified atom stereocenters. The third-order valence-corrected chi connectivity index (χ3v) is 3.14. The lowest BCUT2D eigenvalue weighted by molar-refractivity contribution is 0.0685. The second-order valence-corrected chi connectivity index (χ2v) is 4.22. The molecular formula is C11H16N2O2. The molecule has 0 amide bonds. The molecule has 15 heavy (non-hydrogen) atoms. The first-order valence-corrected chi connectivity index (χ1v) is 5.45. The second kappa shape index (κ2) is 4.04. The van der Waals surface area contributed by atoms with E-state index in [0.717, 1.165) is 18.5 Å². The Morgan fingerprint density at radius 2 is 2.13 bits per heavy atom. The fourth-order valence-corrected chi connectivity index (χ4v) is 2.29. The number of nitrogens with zero attached hydrogens (tertiary/aromatic N) is 2. The van der Waals surface area contributed by atoms with Gasteiger partial charge in [0.15, 0.2) is 0 Å². The van der Waals surface area contributed by atoms with E-state index in [4.69, 9.17) is 5.11 Å². The van der Waals surface area contributed by atoms with Gasteiger partial charge in [0.05, 0.1) is 5.69 Å². The van der Waals surface area contributed by atoms with Gasteiger partial charge >= 0.3 is 5.97 Å². The number of hydrogen-bond donors (Lipinski definition) is 1. The minimum Gasteiger partial charge on any atom is -0.477 e. The van der Waals surface area contributed by atoms with Crippen LogP contribution in [0, 0.1) is 0 Å². The van der Waals surface area contributed by atoms with Gasteiger partial charge in [0.1, 0.15) is 5.69 Å². The summed E-state index contributed by atoms with van der Waals surface area (Å²) in [6.07, 6.45) is 6.08. The van der Waals surface area contributed by atoms with Crippen LogP contribution in [0.25, 0.3) is 0 Å². The summed E-state index contributed by atoms with van der Waals surface area (Å²) in [5, 5.41) is 13.2. The van der Waals surface area contributed by atoms with Crippen LogP contribution < -0.4 is 0 Å². The molecule has 1 aromatic rings. The molecule has 0 aliphatic heterocycles. The molecule has 1 saturated carbocycles. The van der Waals surface area contributed by atoms with Crippen LogP contribution in [-0.4, -0.2) is 20.9 Å². The van der Waals surface area contributed by atoms with Crippen molar-refractivity contribution in [1.82, 2.24) is 9.78 Å². The second-order valence-electron chi connectivity index (χ2n) is 4.22. The Hall–Kier alpha value is -1.32. The summed E-state index contributed by atoms with van der Waals surface area (Å²) >= 11 is 0. The predicted octanol–water partition coefficient (Wildman–Crippen LogP) is 2.17. The Morgan fingerprint density at radius 3 is 2.67 bits per heavy atom. The molecule has 0 aromatic carbocycles. The monoisotopic (exact) mass is 208 g/mol. The van der Waals surface area contributed by atoms with Crippen molar-refractivity contribution in [2.24, 2.45) is 7.05 Å². The van der Waals surface area contributed by atoms with E-state index in [-0.39, 0.29) is 5.69 Å². The van der Waals surface area contributed by atoms with Gasteiger partial charge in [-0.05, 0) is 18.9 Å². The van der Waals surface area contributed by atoms with Gasteiger partial charge in [0.2, 0.25) is 0 Å². The molecule has 1 aromatic heterocycles. The summed E-state index contributed by atoms with van der Waals surface area (Å²) in [4.78, 5) is 10.9. The average Bonchev–Trinajstić information content (AvgIpc) is 2.62. The van der Waals surface area contributed by atoms with E-state index in [1.54, 1.807) is 13.1 Å². The third kappa shape index (κ3) is 2.03. The summed E-state index contributed by atoms with van der Waals surface area (Å²) in [5.41, 5.74) is 1.24. The van der Waals surface area contributed by atoms with Crippen LogP contribution in [0.5, 0.6) is 0 Å². The van der Waals surface area contributed by atoms with E-state index in [2.05, 4.69) is 5.10 Å². The number of carboxylic acids is 1. The number of rotatable bonds is 2. The molecular weight excluding hydrogens is 192 g/mol. The van der Waals surface area contributed by atoms with Crippen LogP contribution >= 0.6 is 0 Å². The van der Waals surface area contributed by atoms with E-state index in [0.29, 0.717) is 5.92 Å². The molecule has 4 heteroatoms. The van der Waals surface area contributed by atoms with Gasteiger partial charge in [-0.15, -0.1) is 0 Å². The van der Waals surface area contributed by atoms with Crippen LogP contribution in [0.15, 0.2) is 6.07 Å². The quantitative estimate of drug-likeness (QED) is 0.810. The van der Waals surface area contributed by atoms with Crippen molar-refractivity contribution in [2.75, 3.05) is 0 Å². The summed E-state index contributed by atoms with van der Waals surface area (Å²) in [6.45, 7) is 0. The Labute approximate surface area is 88.9 Å². The largest absolute Gasteiger partial charge is 0.477 e. The van der Waals surface area contributed by atoms with E-state index in [1.165, 1.54) is 23.9 Å². The number of aromatic carboxylic acids is 1. The minimum atomic E-state index is -0.896. The molecule has 0 spiro atoms. The van der Waals surface area contributed by atoms with Crippen LogP contribution in [-0.2, 0) is 7.05 Å². The SMILES string of the molecule is Cn1nc(C2CCCCC2)cc1C(=O)O. The first-order chi connectivity index (χ1) is 7.18. The van der Waals surface area contributed by atoms with E-state index in [1.807, 2.05) is 0 Å². The van der Waals surface area contributed by atoms with Crippen molar-refractivity contribution >= 4 is 5.97 Å². The number of hydrogen-bond acceptors (Lipinski definition) is 2. The first kappa shape index (κ1) is 10.2. The van der Waals surface area contributed by atoms with E-state index in [9.17, 15) is 4.79 Å². The van der Waals surface area contributed by atoms with Gasteiger partial charge in [0, 0.05) is 13.0 Å². The van der Waals surface area contributed by atoms with Gasteiger partial charge < -0.3 is 5.11 Å². The van der Waals surface area contributed by atoms with Gasteiger partial charge in [-0.1, -0.05) is 19.3 Å². The molecule has 1 N–H and O–H groups in total. The first-order valence-electron chi connectivity index (χ1n) is 5.45. The van der Waals surface area contributed by atoms with Crippen molar-refractivity contribution in [1.29, 1.82) is 0 Å². The van der Waals surface area contributed by atoms with Crippen LogP contribution in [0.4, 0.5) is 0 Å². The van der Waals surface area contributed by atoms with E-state index < -0.39 is 5.97 Å². The maximum Gasteiger partial charge on any atom is 0.354 e.